The zero-order chi connectivity index (χ0) is 17.9. The molecule has 0 radical (unpaired) electrons. The first-order chi connectivity index (χ1) is 12.8. The highest BCUT2D eigenvalue weighted by Crippen LogP contribution is 2.24. The van der Waals surface area contributed by atoms with Crippen molar-refractivity contribution in [2.24, 2.45) is 0 Å². The van der Waals surface area contributed by atoms with Crippen LogP contribution in [0.3, 0.4) is 0 Å². The van der Waals surface area contributed by atoms with Crippen molar-refractivity contribution >= 4 is 16.8 Å². The predicted molar refractivity (Wildman–Crippen MR) is 102 cm³/mol. The lowest BCUT2D eigenvalue weighted by atomic mass is 10.0. The highest BCUT2D eigenvalue weighted by atomic mass is 16.2. The zero-order valence-electron chi connectivity index (χ0n) is 15.1. The SMILES string of the molecule is CCc1nccn1[C@@H]1CCCN(C(=O)Cc2cccc3cccnc23)C1. The molecule has 0 saturated carbocycles. The summed E-state index contributed by atoms with van der Waals surface area (Å²) in [5, 5.41) is 1.08. The van der Waals surface area contributed by atoms with Gasteiger partial charge >= 0.3 is 0 Å². The summed E-state index contributed by atoms with van der Waals surface area (Å²) in [4.78, 5) is 23.9. The maximum absolute atomic E-state index is 13.0. The fourth-order valence-electron chi connectivity index (χ4n) is 3.94. The lowest BCUT2D eigenvalue weighted by Crippen LogP contribution is -2.41. The fraction of sp³-hybridized carbons (Fsp3) is 0.381. The van der Waals surface area contributed by atoms with Crippen molar-refractivity contribution in [3.05, 3.63) is 60.3 Å². The molecule has 0 bridgehead atoms. The van der Waals surface area contributed by atoms with E-state index in [2.05, 4.69) is 21.5 Å². The summed E-state index contributed by atoms with van der Waals surface area (Å²) in [7, 11) is 0. The van der Waals surface area contributed by atoms with Crippen LogP contribution in [0.4, 0.5) is 0 Å². The summed E-state index contributed by atoms with van der Waals surface area (Å²) in [6.07, 6.45) is 9.16. The van der Waals surface area contributed by atoms with Gasteiger partial charge in [-0.05, 0) is 24.5 Å². The second kappa shape index (κ2) is 7.28. The molecule has 4 rings (SSSR count). The summed E-state index contributed by atoms with van der Waals surface area (Å²) in [6, 6.07) is 10.4. The van der Waals surface area contributed by atoms with E-state index in [1.807, 2.05) is 47.6 Å². The number of hydrogen-bond donors (Lipinski definition) is 0. The third kappa shape index (κ3) is 3.21. The van der Waals surface area contributed by atoms with Gasteiger partial charge in [-0.1, -0.05) is 31.2 Å². The van der Waals surface area contributed by atoms with Crippen molar-refractivity contribution in [1.82, 2.24) is 19.4 Å². The van der Waals surface area contributed by atoms with Gasteiger partial charge in [0.05, 0.1) is 18.0 Å². The van der Waals surface area contributed by atoms with Crippen LogP contribution >= 0.6 is 0 Å². The molecule has 5 nitrogen and oxygen atoms in total. The molecule has 1 atom stereocenters. The van der Waals surface area contributed by atoms with E-state index in [0.717, 1.165) is 54.6 Å². The summed E-state index contributed by atoms with van der Waals surface area (Å²) >= 11 is 0. The van der Waals surface area contributed by atoms with Gasteiger partial charge in [0.25, 0.3) is 0 Å². The highest BCUT2D eigenvalue weighted by Gasteiger charge is 2.26. The second-order valence-electron chi connectivity index (χ2n) is 6.91. The minimum Gasteiger partial charge on any atom is -0.340 e. The molecule has 1 aliphatic rings. The molecule has 1 fully saturated rings. The Morgan fingerprint density at radius 3 is 2.96 bits per heavy atom. The molecular formula is C21H24N4O. The number of carbonyl (C=O) groups excluding carboxylic acids is 1. The Kier molecular flexibility index (Phi) is 4.69. The van der Waals surface area contributed by atoms with Gasteiger partial charge in [0.15, 0.2) is 0 Å². The summed E-state index contributed by atoms with van der Waals surface area (Å²) in [5.41, 5.74) is 1.94. The van der Waals surface area contributed by atoms with Crippen LogP contribution in [0.2, 0.25) is 0 Å². The van der Waals surface area contributed by atoms with Gasteiger partial charge < -0.3 is 9.47 Å². The highest BCUT2D eigenvalue weighted by molar-refractivity contribution is 5.87. The second-order valence-corrected chi connectivity index (χ2v) is 6.91. The minimum absolute atomic E-state index is 0.186. The van der Waals surface area contributed by atoms with E-state index in [1.165, 1.54) is 0 Å². The first kappa shape index (κ1) is 16.8. The Hall–Kier alpha value is -2.69. The van der Waals surface area contributed by atoms with Crippen LogP contribution in [0.1, 0.15) is 37.2 Å². The monoisotopic (exact) mass is 348 g/mol. The van der Waals surface area contributed by atoms with Gasteiger partial charge in [-0.15, -0.1) is 0 Å². The lowest BCUT2D eigenvalue weighted by molar-refractivity contribution is -0.132. The number of benzene rings is 1. The number of nitrogens with zero attached hydrogens (tertiary/aromatic N) is 4. The summed E-state index contributed by atoms with van der Waals surface area (Å²) in [6.45, 7) is 3.72. The largest absolute Gasteiger partial charge is 0.340 e. The summed E-state index contributed by atoms with van der Waals surface area (Å²) in [5.74, 6) is 1.29. The number of aryl methyl sites for hydroxylation is 1. The van der Waals surface area contributed by atoms with Gasteiger partial charge in [-0.2, -0.15) is 0 Å². The van der Waals surface area contributed by atoms with Gasteiger partial charge in [0.1, 0.15) is 5.82 Å². The molecule has 1 saturated heterocycles. The van der Waals surface area contributed by atoms with Crippen LogP contribution in [0.15, 0.2) is 48.9 Å². The Morgan fingerprint density at radius 1 is 1.19 bits per heavy atom. The standard InChI is InChI=1S/C21H24N4O/c1-2-19-22-11-13-25(19)18-9-5-12-24(15-18)20(26)14-17-7-3-6-16-8-4-10-23-21(16)17/h3-4,6-8,10-11,13,18H,2,5,9,12,14-15H2,1H3/t18-/m1/s1. The van der Waals surface area contributed by atoms with Gasteiger partial charge in [-0.25, -0.2) is 4.98 Å². The molecule has 3 aromatic rings. The van der Waals surface area contributed by atoms with Gasteiger partial charge in [0, 0.05) is 43.5 Å². The van der Waals surface area contributed by atoms with Crippen molar-refractivity contribution in [1.29, 1.82) is 0 Å². The molecule has 0 spiro atoms. The van der Waals surface area contributed by atoms with E-state index < -0.39 is 0 Å². The molecule has 1 aromatic carbocycles. The average Bonchev–Trinajstić information content (AvgIpc) is 3.17. The topological polar surface area (TPSA) is 51.0 Å². The van der Waals surface area contributed by atoms with Crippen LogP contribution in [-0.4, -0.2) is 38.4 Å². The van der Waals surface area contributed by atoms with Crippen LogP contribution in [-0.2, 0) is 17.6 Å². The molecule has 1 aliphatic heterocycles. The maximum Gasteiger partial charge on any atom is 0.227 e. The number of rotatable bonds is 4. The lowest BCUT2D eigenvalue weighted by Gasteiger charge is -2.34. The fourth-order valence-corrected chi connectivity index (χ4v) is 3.94. The van der Waals surface area contributed by atoms with E-state index in [4.69, 9.17) is 0 Å². The number of hydrogen-bond acceptors (Lipinski definition) is 3. The third-order valence-electron chi connectivity index (χ3n) is 5.27. The molecule has 3 heterocycles. The van der Waals surface area contributed by atoms with E-state index >= 15 is 0 Å². The Balaban J connectivity index is 1.51. The number of likely N-dealkylation sites (tertiary alicyclic amines) is 1. The van der Waals surface area contributed by atoms with Crippen molar-refractivity contribution in [3.63, 3.8) is 0 Å². The molecule has 0 N–H and O–H groups in total. The number of para-hydroxylation sites is 1. The smallest absolute Gasteiger partial charge is 0.227 e. The Bertz CT molecular complexity index is 912. The molecular weight excluding hydrogens is 324 g/mol. The number of imidazole rings is 1. The maximum atomic E-state index is 13.0. The van der Waals surface area contributed by atoms with Crippen molar-refractivity contribution in [3.8, 4) is 0 Å². The molecule has 0 unspecified atom stereocenters. The van der Waals surface area contributed by atoms with Gasteiger partial charge in [0.2, 0.25) is 5.91 Å². The quantitative estimate of drug-likeness (QED) is 0.726. The average molecular weight is 348 g/mol. The van der Waals surface area contributed by atoms with Crippen LogP contribution < -0.4 is 0 Å². The number of carbonyl (C=O) groups is 1. The number of aromatic nitrogens is 3. The van der Waals surface area contributed by atoms with Crippen LogP contribution in [0.25, 0.3) is 10.9 Å². The Morgan fingerprint density at radius 2 is 2.08 bits per heavy atom. The van der Waals surface area contributed by atoms with Crippen molar-refractivity contribution < 1.29 is 4.79 Å². The van der Waals surface area contributed by atoms with Crippen LogP contribution in [0.5, 0.6) is 0 Å². The van der Waals surface area contributed by atoms with E-state index in [9.17, 15) is 4.79 Å². The van der Waals surface area contributed by atoms with Crippen molar-refractivity contribution in [2.75, 3.05) is 13.1 Å². The van der Waals surface area contributed by atoms with E-state index in [1.54, 1.807) is 6.20 Å². The number of pyridine rings is 1. The predicted octanol–water partition coefficient (Wildman–Crippen LogP) is 3.40. The zero-order valence-corrected chi connectivity index (χ0v) is 15.1. The first-order valence-electron chi connectivity index (χ1n) is 9.38. The van der Waals surface area contributed by atoms with Crippen LogP contribution in [0, 0.1) is 0 Å². The summed E-state index contributed by atoms with van der Waals surface area (Å²) < 4.78 is 2.25. The molecule has 2 aromatic heterocycles. The molecule has 134 valence electrons. The normalized spacial score (nSPS) is 17.6. The molecule has 26 heavy (non-hydrogen) atoms. The number of piperidine rings is 1. The Labute approximate surface area is 153 Å². The van der Waals surface area contributed by atoms with E-state index in [-0.39, 0.29) is 5.91 Å². The number of amides is 1. The molecule has 0 aliphatic carbocycles. The van der Waals surface area contributed by atoms with E-state index in [0.29, 0.717) is 12.5 Å². The number of fused-ring (bicyclic) bond motifs is 1. The minimum atomic E-state index is 0.186. The molecule has 1 amide bonds. The van der Waals surface area contributed by atoms with Gasteiger partial charge in [-0.3, -0.25) is 9.78 Å². The van der Waals surface area contributed by atoms with Crippen molar-refractivity contribution in [2.45, 2.75) is 38.6 Å². The molecule has 5 heteroatoms. The third-order valence-corrected chi connectivity index (χ3v) is 5.27. The first-order valence-corrected chi connectivity index (χ1v) is 9.38.